The zero-order valence-corrected chi connectivity index (χ0v) is 19.5. The predicted octanol–water partition coefficient (Wildman–Crippen LogP) is 4.73. The van der Waals surface area contributed by atoms with Crippen LogP contribution in [0.3, 0.4) is 0 Å². The number of likely N-dealkylation sites (tertiary alicyclic amines) is 1. The highest BCUT2D eigenvalue weighted by Crippen LogP contribution is 2.45. The molecule has 4 rings (SSSR count). The van der Waals surface area contributed by atoms with Crippen molar-refractivity contribution in [3.8, 4) is 17.2 Å². The molecule has 1 unspecified atom stereocenters. The van der Waals surface area contributed by atoms with Crippen molar-refractivity contribution >= 4 is 29.1 Å². The van der Waals surface area contributed by atoms with E-state index in [9.17, 15) is 14.7 Å². The number of ether oxygens (including phenoxy) is 3. The highest BCUT2D eigenvalue weighted by atomic mass is 35.5. The summed E-state index contributed by atoms with van der Waals surface area (Å²) in [6, 6.07) is 9.14. The number of Topliss-reactive ketones (excluding diaryl/α,β-unsaturated/α-hetero) is 1. The number of hydrogen-bond donors (Lipinski definition) is 1. The van der Waals surface area contributed by atoms with Gasteiger partial charge in [0.1, 0.15) is 11.5 Å². The first kappa shape index (κ1) is 23.0. The Morgan fingerprint density at radius 1 is 0.939 bits per heavy atom. The van der Waals surface area contributed by atoms with Crippen LogP contribution < -0.4 is 14.2 Å². The van der Waals surface area contributed by atoms with Gasteiger partial charge in [-0.1, -0.05) is 30.5 Å². The number of aliphatic hydroxyl groups excluding tert-OH is 1. The molecule has 2 aliphatic rings. The van der Waals surface area contributed by atoms with Crippen LogP contribution in [0.25, 0.3) is 5.76 Å². The van der Waals surface area contributed by atoms with Crippen LogP contribution in [-0.4, -0.2) is 49.1 Å². The Morgan fingerprint density at radius 3 is 2.24 bits per heavy atom. The van der Waals surface area contributed by atoms with Crippen molar-refractivity contribution in [2.75, 3.05) is 21.3 Å². The number of methoxy groups -OCH3 is 3. The molecular formula is C25H26ClNO6. The van der Waals surface area contributed by atoms with Crippen molar-refractivity contribution in [2.45, 2.75) is 37.8 Å². The van der Waals surface area contributed by atoms with E-state index in [1.165, 1.54) is 21.3 Å². The molecule has 8 heteroatoms. The minimum atomic E-state index is -0.755. The second kappa shape index (κ2) is 9.35. The third kappa shape index (κ3) is 4.02. The molecule has 1 heterocycles. The highest BCUT2D eigenvalue weighted by molar-refractivity contribution is 6.46. The Morgan fingerprint density at radius 2 is 1.61 bits per heavy atom. The van der Waals surface area contributed by atoms with Gasteiger partial charge in [-0.25, -0.2) is 0 Å². The molecule has 1 saturated carbocycles. The molecule has 2 aromatic carbocycles. The molecule has 0 aromatic heterocycles. The second-order valence-corrected chi connectivity index (χ2v) is 8.52. The lowest BCUT2D eigenvalue weighted by Crippen LogP contribution is -2.37. The largest absolute Gasteiger partial charge is 0.507 e. The van der Waals surface area contributed by atoms with Gasteiger partial charge in [-0.3, -0.25) is 9.59 Å². The lowest BCUT2D eigenvalue weighted by atomic mass is 9.94. The summed E-state index contributed by atoms with van der Waals surface area (Å²) in [6.07, 6.45) is 3.60. The molecule has 1 N–H and O–H groups in total. The normalized spacial score (nSPS) is 20.4. The van der Waals surface area contributed by atoms with Crippen LogP contribution in [0.2, 0.25) is 5.02 Å². The van der Waals surface area contributed by atoms with Gasteiger partial charge in [-0.05, 0) is 48.7 Å². The van der Waals surface area contributed by atoms with E-state index in [-0.39, 0.29) is 17.4 Å². The van der Waals surface area contributed by atoms with Crippen LogP contribution in [0.1, 0.15) is 42.9 Å². The first-order valence-corrected chi connectivity index (χ1v) is 11.1. The summed E-state index contributed by atoms with van der Waals surface area (Å²) in [6.45, 7) is 0. The van der Waals surface area contributed by atoms with E-state index >= 15 is 0 Å². The molecule has 1 atom stereocenters. The molecule has 1 saturated heterocycles. The minimum absolute atomic E-state index is 0.0310. The standard InChI is InChI=1S/C25H26ClNO6/c1-31-18-11-9-14(12-20(18)33-3)22-21(23(28)15-8-10-17(26)19(13-15)32-2)24(29)25(30)27(22)16-6-4-5-7-16/h8-13,16,22,28H,4-7H2,1-3H3/b23-21-. The fourth-order valence-electron chi connectivity index (χ4n) is 4.72. The average Bonchev–Trinajstić information content (AvgIpc) is 3.45. The molecule has 0 bridgehead atoms. The quantitative estimate of drug-likeness (QED) is 0.372. The lowest BCUT2D eigenvalue weighted by molar-refractivity contribution is -0.141. The summed E-state index contributed by atoms with van der Waals surface area (Å²) in [4.78, 5) is 28.1. The summed E-state index contributed by atoms with van der Waals surface area (Å²) in [5, 5.41) is 11.6. The van der Waals surface area contributed by atoms with E-state index in [1.54, 1.807) is 41.3 Å². The topological polar surface area (TPSA) is 85.3 Å². The summed E-state index contributed by atoms with van der Waals surface area (Å²) in [7, 11) is 4.53. The number of carbonyl (C=O) groups is 2. The van der Waals surface area contributed by atoms with Gasteiger partial charge in [0, 0.05) is 11.6 Å². The number of halogens is 1. The molecule has 0 spiro atoms. The fraction of sp³-hybridized carbons (Fsp3) is 0.360. The third-order valence-corrected chi connectivity index (χ3v) is 6.66. The zero-order valence-electron chi connectivity index (χ0n) is 18.8. The van der Waals surface area contributed by atoms with Crippen LogP contribution in [0.15, 0.2) is 42.0 Å². The van der Waals surface area contributed by atoms with Crippen molar-refractivity contribution in [2.24, 2.45) is 0 Å². The lowest BCUT2D eigenvalue weighted by Gasteiger charge is -2.31. The first-order chi connectivity index (χ1) is 15.9. The summed E-state index contributed by atoms with van der Waals surface area (Å²) < 4.78 is 16.1. The molecule has 1 amide bonds. The first-order valence-electron chi connectivity index (χ1n) is 10.8. The summed E-state index contributed by atoms with van der Waals surface area (Å²) in [5.41, 5.74) is 1.02. The Kier molecular flexibility index (Phi) is 6.51. The van der Waals surface area contributed by atoms with Gasteiger partial charge in [-0.2, -0.15) is 0 Å². The minimum Gasteiger partial charge on any atom is -0.507 e. The van der Waals surface area contributed by atoms with Crippen LogP contribution in [0.5, 0.6) is 17.2 Å². The van der Waals surface area contributed by atoms with Crippen molar-refractivity contribution in [1.29, 1.82) is 0 Å². The maximum Gasteiger partial charge on any atom is 0.295 e. The molecule has 174 valence electrons. The van der Waals surface area contributed by atoms with Crippen LogP contribution >= 0.6 is 11.6 Å². The summed E-state index contributed by atoms with van der Waals surface area (Å²) in [5.74, 6) is -0.240. The van der Waals surface area contributed by atoms with Crippen molar-refractivity contribution in [3.05, 3.63) is 58.1 Å². The fourth-order valence-corrected chi connectivity index (χ4v) is 4.92. The van der Waals surface area contributed by atoms with Crippen LogP contribution in [0, 0.1) is 0 Å². The Hall–Kier alpha value is -3.19. The maximum atomic E-state index is 13.2. The Labute approximate surface area is 197 Å². The van der Waals surface area contributed by atoms with Crippen LogP contribution in [0.4, 0.5) is 0 Å². The number of carbonyl (C=O) groups excluding carboxylic acids is 2. The SMILES string of the molecule is COc1cc(/C(O)=C2/C(=O)C(=O)N(C3CCCC3)C2c2ccc(OC)c(OC)c2)ccc1Cl. The van der Waals surface area contributed by atoms with Crippen molar-refractivity contribution in [1.82, 2.24) is 4.90 Å². The van der Waals surface area contributed by atoms with Crippen molar-refractivity contribution in [3.63, 3.8) is 0 Å². The number of hydrogen-bond acceptors (Lipinski definition) is 6. The third-order valence-electron chi connectivity index (χ3n) is 6.35. The number of nitrogens with zero attached hydrogens (tertiary/aromatic N) is 1. The molecule has 1 aliphatic heterocycles. The Balaban J connectivity index is 1.91. The second-order valence-electron chi connectivity index (χ2n) is 8.11. The Bertz CT molecular complexity index is 1120. The molecule has 2 aromatic rings. The monoisotopic (exact) mass is 471 g/mol. The van der Waals surface area contributed by atoms with Gasteiger partial charge >= 0.3 is 0 Å². The van der Waals surface area contributed by atoms with E-state index in [1.807, 2.05) is 0 Å². The van der Waals surface area contributed by atoms with E-state index in [0.717, 1.165) is 25.7 Å². The van der Waals surface area contributed by atoms with Gasteiger partial charge < -0.3 is 24.2 Å². The smallest absolute Gasteiger partial charge is 0.295 e. The van der Waals surface area contributed by atoms with Gasteiger partial charge in [0.25, 0.3) is 11.7 Å². The number of amides is 1. The zero-order chi connectivity index (χ0) is 23.7. The molecule has 33 heavy (non-hydrogen) atoms. The van der Waals surface area contributed by atoms with Crippen molar-refractivity contribution < 1.29 is 28.9 Å². The average molecular weight is 472 g/mol. The molecule has 0 radical (unpaired) electrons. The molecule has 1 aliphatic carbocycles. The van der Waals surface area contributed by atoms with Crippen LogP contribution in [-0.2, 0) is 9.59 Å². The van der Waals surface area contributed by atoms with E-state index in [2.05, 4.69) is 0 Å². The van der Waals surface area contributed by atoms with E-state index < -0.39 is 17.7 Å². The highest BCUT2D eigenvalue weighted by Gasteiger charge is 2.49. The molecular weight excluding hydrogens is 446 g/mol. The van der Waals surface area contributed by atoms with E-state index in [0.29, 0.717) is 33.4 Å². The van der Waals surface area contributed by atoms with E-state index in [4.69, 9.17) is 25.8 Å². The van der Waals surface area contributed by atoms with Gasteiger partial charge in [0.15, 0.2) is 11.5 Å². The molecule has 2 fully saturated rings. The summed E-state index contributed by atoms with van der Waals surface area (Å²) >= 11 is 6.13. The van der Waals surface area contributed by atoms with Gasteiger partial charge in [-0.15, -0.1) is 0 Å². The van der Waals surface area contributed by atoms with Gasteiger partial charge in [0.2, 0.25) is 0 Å². The number of benzene rings is 2. The number of ketones is 1. The molecule has 7 nitrogen and oxygen atoms in total. The predicted molar refractivity (Wildman–Crippen MR) is 124 cm³/mol. The maximum absolute atomic E-state index is 13.2. The van der Waals surface area contributed by atoms with Gasteiger partial charge in [0.05, 0.1) is 38.0 Å². The number of aliphatic hydroxyl groups is 1. The number of rotatable bonds is 6.